The molecule has 2 aromatic heterocycles. The van der Waals surface area contributed by atoms with Crippen LogP contribution in [-0.2, 0) is 13.1 Å². The van der Waals surface area contributed by atoms with Crippen LogP contribution in [0.5, 0.6) is 0 Å². The highest BCUT2D eigenvalue weighted by atomic mass is 32.1. The van der Waals surface area contributed by atoms with Crippen LogP contribution >= 0.6 is 11.5 Å². The predicted molar refractivity (Wildman–Crippen MR) is 95.7 cm³/mol. The van der Waals surface area contributed by atoms with Crippen molar-refractivity contribution in [2.45, 2.75) is 32.4 Å². The predicted octanol–water partition coefficient (Wildman–Crippen LogP) is 2.01. The molecule has 0 atom stereocenters. The lowest BCUT2D eigenvalue weighted by Gasteiger charge is -2.31. The topological polar surface area (TPSA) is 67.2 Å². The van der Waals surface area contributed by atoms with Crippen molar-refractivity contribution in [3.8, 4) is 0 Å². The third-order valence-corrected chi connectivity index (χ3v) is 5.41. The lowest BCUT2D eigenvalue weighted by molar-refractivity contribution is 0.144. The summed E-state index contributed by atoms with van der Waals surface area (Å²) in [6.07, 6.45) is 0.396. The van der Waals surface area contributed by atoms with E-state index in [1.165, 1.54) is 22.4 Å². The molecule has 0 amide bonds. The van der Waals surface area contributed by atoms with Crippen LogP contribution in [0, 0.1) is 5.92 Å². The number of hydrogen-bond acceptors (Lipinski definition) is 7. The van der Waals surface area contributed by atoms with Gasteiger partial charge in [0.05, 0.1) is 12.9 Å². The molecule has 1 aliphatic heterocycles. The highest BCUT2D eigenvalue weighted by molar-refractivity contribution is 7.09. The summed E-state index contributed by atoms with van der Waals surface area (Å²) in [5, 5.41) is 0.897. The van der Waals surface area contributed by atoms with Crippen molar-refractivity contribution in [1.29, 1.82) is 0 Å². The van der Waals surface area contributed by atoms with Crippen LogP contribution in [0.4, 0.5) is 13.9 Å². The number of piperidine rings is 1. The largest absolute Gasteiger partial charge is 0.353 e. The number of halogens is 2. The summed E-state index contributed by atoms with van der Waals surface area (Å²) in [6.45, 7) is 3.04. The Morgan fingerprint density at radius 3 is 2.65 bits per heavy atom. The SMILES string of the molecule is CN(C)c1nc(CN2CCC(Cn3cnc(C(F)F)cc3=O)CC2)ns1. The van der Waals surface area contributed by atoms with Crippen LogP contribution in [0.2, 0.25) is 0 Å². The standard InChI is InChI=1S/C16H22F2N6OS/c1-22(2)16-20-13(21-26-16)9-23-5-3-11(4-6-23)8-24-10-19-12(15(17)18)7-14(24)25/h7,10-11,15H,3-6,8-9H2,1-2H3. The fraction of sp³-hybridized carbons (Fsp3) is 0.625. The van der Waals surface area contributed by atoms with Crippen LogP contribution in [0.25, 0.3) is 0 Å². The number of anilines is 1. The molecule has 1 saturated heterocycles. The molecule has 1 fully saturated rings. The van der Waals surface area contributed by atoms with Crippen molar-refractivity contribution in [2.75, 3.05) is 32.1 Å². The zero-order valence-corrected chi connectivity index (χ0v) is 15.6. The smallest absolute Gasteiger partial charge is 0.280 e. The van der Waals surface area contributed by atoms with Crippen molar-refractivity contribution in [1.82, 2.24) is 23.8 Å². The van der Waals surface area contributed by atoms with E-state index in [4.69, 9.17) is 0 Å². The average molecular weight is 384 g/mol. The number of nitrogens with zero attached hydrogens (tertiary/aromatic N) is 6. The van der Waals surface area contributed by atoms with Gasteiger partial charge in [-0.05, 0) is 31.8 Å². The molecule has 3 heterocycles. The summed E-state index contributed by atoms with van der Waals surface area (Å²) < 4.78 is 31.0. The lowest BCUT2D eigenvalue weighted by atomic mass is 9.96. The molecular formula is C16H22F2N6OS. The molecule has 0 unspecified atom stereocenters. The second-order valence-electron chi connectivity index (χ2n) is 6.71. The molecule has 0 bridgehead atoms. The third kappa shape index (κ3) is 4.61. The number of likely N-dealkylation sites (tertiary alicyclic amines) is 1. The van der Waals surface area contributed by atoms with E-state index in [2.05, 4.69) is 19.2 Å². The Morgan fingerprint density at radius 1 is 1.35 bits per heavy atom. The minimum absolute atomic E-state index is 0.337. The zero-order chi connectivity index (χ0) is 18.7. The molecular weight excluding hydrogens is 362 g/mol. The van der Waals surface area contributed by atoms with E-state index in [9.17, 15) is 13.6 Å². The molecule has 2 aromatic rings. The summed E-state index contributed by atoms with van der Waals surface area (Å²) in [7, 11) is 3.89. The lowest BCUT2D eigenvalue weighted by Crippen LogP contribution is -2.36. The van der Waals surface area contributed by atoms with Crippen LogP contribution in [-0.4, -0.2) is 51.0 Å². The number of alkyl halides is 2. The Kier molecular flexibility index (Phi) is 5.92. The Bertz CT molecular complexity index is 785. The van der Waals surface area contributed by atoms with Gasteiger partial charge in [0.1, 0.15) is 5.69 Å². The molecule has 0 saturated carbocycles. The molecule has 26 heavy (non-hydrogen) atoms. The first-order valence-electron chi connectivity index (χ1n) is 8.49. The van der Waals surface area contributed by atoms with Gasteiger partial charge in [-0.15, -0.1) is 0 Å². The van der Waals surface area contributed by atoms with Crippen molar-refractivity contribution in [3.05, 3.63) is 34.3 Å². The Morgan fingerprint density at radius 2 is 2.08 bits per heavy atom. The summed E-state index contributed by atoms with van der Waals surface area (Å²) in [5.74, 6) is 1.17. The fourth-order valence-electron chi connectivity index (χ4n) is 2.99. The minimum atomic E-state index is -2.71. The highest BCUT2D eigenvalue weighted by Crippen LogP contribution is 2.21. The van der Waals surface area contributed by atoms with E-state index >= 15 is 0 Å². The fourth-order valence-corrected chi connectivity index (χ4v) is 3.59. The van der Waals surface area contributed by atoms with Gasteiger partial charge in [0.25, 0.3) is 12.0 Å². The first-order valence-corrected chi connectivity index (χ1v) is 9.26. The van der Waals surface area contributed by atoms with Crippen molar-refractivity contribution in [3.63, 3.8) is 0 Å². The third-order valence-electron chi connectivity index (χ3n) is 4.49. The van der Waals surface area contributed by atoms with Gasteiger partial charge >= 0.3 is 0 Å². The van der Waals surface area contributed by atoms with Gasteiger partial charge in [0.2, 0.25) is 5.13 Å². The van der Waals surface area contributed by atoms with E-state index in [1.54, 1.807) is 0 Å². The normalized spacial score (nSPS) is 16.3. The maximum Gasteiger partial charge on any atom is 0.280 e. The van der Waals surface area contributed by atoms with Crippen LogP contribution in [0.3, 0.4) is 0 Å². The van der Waals surface area contributed by atoms with Crippen molar-refractivity contribution >= 4 is 16.7 Å². The second kappa shape index (κ2) is 8.17. The second-order valence-corrected chi connectivity index (χ2v) is 7.44. The van der Waals surface area contributed by atoms with Gasteiger partial charge in [-0.1, -0.05) is 0 Å². The average Bonchev–Trinajstić information content (AvgIpc) is 3.07. The molecule has 142 valence electrons. The van der Waals surface area contributed by atoms with Gasteiger partial charge < -0.3 is 4.90 Å². The van der Waals surface area contributed by atoms with Crippen LogP contribution in [0.1, 0.15) is 30.8 Å². The molecule has 0 aliphatic carbocycles. The van der Waals surface area contributed by atoms with Crippen molar-refractivity contribution < 1.29 is 8.78 Å². The molecule has 0 N–H and O–H groups in total. The molecule has 7 nitrogen and oxygen atoms in total. The van der Waals surface area contributed by atoms with E-state index in [0.717, 1.165) is 49.5 Å². The first-order chi connectivity index (χ1) is 12.4. The summed E-state index contributed by atoms with van der Waals surface area (Å²) >= 11 is 1.39. The van der Waals surface area contributed by atoms with E-state index in [-0.39, 0.29) is 0 Å². The minimum Gasteiger partial charge on any atom is -0.353 e. The summed E-state index contributed by atoms with van der Waals surface area (Å²) in [6, 6.07) is 0.927. The van der Waals surface area contributed by atoms with Gasteiger partial charge in [-0.25, -0.2) is 18.7 Å². The summed E-state index contributed by atoms with van der Waals surface area (Å²) in [4.78, 5) is 24.4. The van der Waals surface area contributed by atoms with Crippen LogP contribution < -0.4 is 10.5 Å². The van der Waals surface area contributed by atoms with E-state index in [0.29, 0.717) is 12.5 Å². The van der Waals surface area contributed by atoms with Gasteiger partial charge in [-0.2, -0.15) is 4.37 Å². The molecule has 1 aliphatic rings. The quantitative estimate of drug-likeness (QED) is 0.759. The Hall–Kier alpha value is -1.94. The van der Waals surface area contributed by atoms with E-state index in [1.807, 2.05) is 19.0 Å². The first kappa shape index (κ1) is 18.8. The maximum atomic E-state index is 12.6. The van der Waals surface area contributed by atoms with Gasteiger partial charge in [-0.3, -0.25) is 14.3 Å². The summed E-state index contributed by atoms with van der Waals surface area (Å²) in [5.41, 5.74) is -0.880. The Balaban J connectivity index is 1.51. The number of aromatic nitrogens is 4. The number of hydrogen-bond donors (Lipinski definition) is 0. The molecule has 0 aromatic carbocycles. The maximum absolute atomic E-state index is 12.6. The number of rotatable bonds is 6. The van der Waals surface area contributed by atoms with Gasteiger partial charge in [0.15, 0.2) is 5.82 Å². The molecule has 3 rings (SSSR count). The molecule has 0 spiro atoms. The van der Waals surface area contributed by atoms with Crippen LogP contribution in [0.15, 0.2) is 17.2 Å². The van der Waals surface area contributed by atoms with Crippen molar-refractivity contribution in [2.24, 2.45) is 5.92 Å². The van der Waals surface area contributed by atoms with Gasteiger partial charge in [0, 0.05) is 38.2 Å². The molecule has 0 radical (unpaired) electrons. The monoisotopic (exact) mass is 384 g/mol. The Labute approximate surface area is 154 Å². The zero-order valence-electron chi connectivity index (χ0n) is 14.8. The molecule has 10 heteroatoms. The highest BCUT2D eigenvalue weighted by Gasteiger charge is 2.21. The van der Waals surface area contributed by atoms with E-state index < -0.39 is 17.7 Å².